The summed E-state index contributed by atoms with van der Waals surface area (Å²) in [5, 5.41) is 6.80. The Labute approximate surface area is 100 Å². The molecule has 5 heteroatoms. The monoisotopic (exact) mass is 236 g/mol. The van der Waals surface area contributed by atoms with E-state index in [1.165, 1.54) is 12.8 Å². The molecule has 2 saturated carbocycles. The number of rotatable bonds is 2. The van der Waals surface area contributed by atoms with Crippen molar-refractivity contribution in [1.29, 1.82) is 0 Å². The second-order valence-corrected chi connectivity index (χ2v) is 5.52. The standard InChI is InChI=1S/C12H20N4O/c13-12(7-2-1-3-8-12)10-14-15-11(17)16(10)9-5-4-6-9/h9H,1-8,13H2,(H,15,17). The van der Waals surface area contributed by atoms with Gasteiger partial charge in [0.25, 0.3) is 0 Å². The van der Waals surface area contributed by atoms with E-state index in [-0.39, 0.29) is 11.2 Å². The molecule has 0 unspecified atom stereocenters. The SMILES string of the molecule is NC1(c2n[nH]c(=O)n2C2CCC2)CCCCC1. The van der Waals surface area contributed by atoms with Crippen molar-refractivity contribution < 1.29 is 0 Å². The number of H-pyrrole nitrogens is 1. The second-order valence-electron chi connectivity index (χ2n) is 5.52. The van der Waals surface area contributed by atoms with Gasteiger partial charge in [-0.25, -0.2) is 9.89 Å². The van der Waals surface area contributed by atoms with Crippen LogP contribution in [0.5, 0.6) is 0 Å². The molecule has 0 bridgehead atoms. The minimum Gasteiger partial charge on any atom is -0.319 e. The lowest BCUT2D eigenvalue weighted by atomic mass is 9.81. The molecule has 2 aliphatic rings. The summed E-state index contributed by atoms with van der Waals surface area (Å²) in [5.41, 5.74) is 6.00. The molecule has 3 N–H and O–H groups in total. The van der Waals surface area contributed by atoms with Gasteiger partial charge in [0, 0.05) is 6.04 Å². The summed E-state index contributed by atoms with van der Waals surface area (Å²) in [6, 6.07) is 0.332. The molecule has 0 spiro atoms. The fourth-order valence-corrected chi connectivity index (χ4v) is 3.05. The van der Waals surface area contributed by atoms with Gasteiger partial charge in [0.1, 0.15) is 0 Å². The van der Waals surface area contributed by atoms with Crippen molar-refractivity contribution in [3.63, 3.8) is 0 Å². The van der Waals surface area contributed by atoms with E-state index in [1.807, 2.05) is 4.57 Å². The second kappa shape index (κ2) is 3.98. The minimum absolute atomic E-state index is 0.0832. The summed E-state index contributed by atoms with van der Waals surface area (Å²) in [5.74, 6) is 0.798. The summed E-state index contributed by atoms with van der Waals surface area (Å²) < 4.78 is 1.83. The molecular formula is C12H20N4O. The first-order chi connectivity index (χ1) is 8.21. The molecule has 1 aromatic heterocycles. The van der Waals surface area contributed by atoms with Crippen molar-refractivity contribution in [1.82, 2.24) is 14.8 Å². The Morgan fingerprint density at radius 2 is 1.94 bits per heavy atom. The van der Waals surface area contributed by atoms with Crippen LogP contribution in [0.2, 0.25) is 0 Å². The highest BCUT2D eigenvalue weighted by molar-refractivity contribution is 5.08. The van der Waals surface area contributed by atoms with Gasteiger partial charge in [-0.1, -0.05) is 19.3 Å². The van der Waals surface area contributed by atoms with Crippen LogP contribution in [0.1, 0.15) is 63.2 Å². The number of hydrogen-bond acceptors (Lipinski definition) is 3. The number of nitrogens with one attached hydrogen (secondary N) is 1. The first kappa shape index (κ1) is 11.0. The molecule has 1 aromatic rings. The van der Waals surface area contributed by atoms with Gasteiger partial charge in [0.05, 0.1) is 5.54 Å². The summed E-state index contributed by atoms with van der Waals surface area (Å²) in [6.07, 6.45) is 8.81. The molecule has 3 rings (SSSR count). The lowest BCUT2D eigenvalue weighted by Crippen LogP contribution is -2.43. The normalized spacial score (nSPS) is 24.5. The summed E-state index contributed by atoms with van der Waals surface area (Å²) in [4.78, 5) is 11.8. The molecule has 2 aliphatic carbocycles. The molecule has 94 valence electrons. The lowest BCUT2D eigenvalue weighted by molar-refractivity contribution is 0.239. The Kier molecular flexibility index (Phi) is 2.58. The molecule has 0 saturated heterocycles. The third-order valence-electron chi connectivity index (χ3n) is 4.34. The zero-order valence-electron chi connectivity index (χ0n) is 10.1. The zero-order valence-corrected chi connectivity index (χ0v) is 10.1. The maximum Gasteiger partial charge on any atom is 0.343 e. The first-order valence-electron chi connectivity index (χ1n) is 6.67. The highest BCUT2D eigenvalue weighted by Gasteiger charge is 2.37. The van der Waals surface area contributed by atoms with Gasteiger partial charge in [-0.2, -0.15) is 5.10 Å². The Balaban J connectivity index is 1.98. The highest BCUT2D eigenvalue weighted by Crippen LogP contribution is 2.37. The van der Waals surface area contributed by atoms with Crippen LogP contribution in [0.25, 0.3) is 0 Å². The van der Waals surface area contributed by atoms with Crippen molar-refractivity contribution in [3.8, 4) is 0 Å². The zero-order chi connectivity index (χ0) is 11.9. The maximum atomic E-state index is 11.8. The lowest BCUT2D eigenvalue weighted by Gasteiger charge is -2.35. The average Bonchev–Trinajstić information content (AvgIpc) is 2.61. The van der Waals surface area contributed by atoms with Crippen LogP contribution < -0.4 is 11.4 Å². The van der Waals surface area contributed by atoms with E-state index in [1.54, 1.807) is 0 Å². The topological polar surface area (TPSA) is 76.7 Å². The van der Waals surface area contributed by atoms with Crippen LogP contribution in [0.15, 0.2) is 4.79 Å². The van der Waals surface area contributed by atoms with E-state index in [0.717, 1.165) is 44.3 Å². The van der Waals surface area contributed by atoms with Crippen LogP contribution in [0, 0.1) is 0 Å². The molecule has 0 aromatic carbocycles. The smallest absolute Gasteiger partial charge is 0.319 e. The Hall–Kier alpha value is -1.10. The predicted molar refractivity (Wildman–Crippen MR) is 64.7 cm³/mol. The van der Waals surface area contributed by atoms with E-state index < -0.39 is 0 Å². The van der Waals surface area contributed by atoms with Crippen LogP contribution in [0.4, 0.5) is 0 Å². The van der Waals surface area contributed by atoms with Crippen LogP contribution in [-0.2, 0) is 5.54 Å². The van der Waals surface area contributed by atoms with Crippen molar-refractivity contribution >= 4 is 0 Å². The largest absolute Gasteiger partial charge is 0.343 e. The first-order valence-corrected chi connectivity index (χ1v) is 6.67. The van der Waals surface area contributed by atoms with E-state index in [0.29, 0.717) is 6.04 Å². The molecule has 0 aliphatic heterocycles. The summed E-state index contributed by atoms with van der Waals surface area (Å²) >= 11 is 0. The van der Waals surface area contributed by atoms with Crippen LogP contribution in [-0.4, -0.2) is 14.8 Å². The van der Waals surface area contributed by atoms with Gasteiger partial charge in [-0.15, -0.1) is 0 Å². The number of hydrogen-bond donors (Lipinski definition) is 2. The van der Waals surface area contributed by atoms with Crippen molar-refractivity contribution in [2.24, 2.45) is 5.73 Å². The van der Waals surface area contributed by atoms with Gasteiger partial charge in [-0.3, -0.25) is 4.57 Å². The van der Waals surface area contributed by atoms with Gasteiger partial charge in [0.2, 0.25) is 0 Å². The molecular weight excluding hydrogens is 216 g/mol. The summed E-state index contributed by atoms with van der Waals surface area (Å²) in [6.45, 7) is 0. The highest BCUT2D eigenvalue weighted by atomic mass is 16.1. The average molecular weight is 236 g/mol. The van der Waals surface area contributed by atoms with E-state index in [4.69, 9.17) is 5.73 Å². The Bertz CT molecular complexity index is 451. The van der Waals surface area contributed by atoms with Crippen LogP contribution in [0.3, 0.4) is 0 Å². The van der Waals surface area contributed by atoms with Gasteiger partial charge < -0.3 is 5.73 Å². The molecule has 5 nitrogen and oxygen atoms in total. The number of nitrogens with zero attached hydrogens (tertiary/aromatic N) is 2. The van der Waals surface area contributed by atoms with E-state index in [2.05, 4.69) is 10.2 Å². The molecule has 0 amide bonds. The van der Waals surface area contributed by atoms with Gasteiger partial charge >= 0.3 is 5.69 Å². The molecule has 1 heterocycles. The molecule has 0 radical (unpaired) electrons. The van der Waals surface area contributed by atoms with Crippen molar-refractivity contribution in [2.45, 2.75) is 62.9 Å². The predicted octanol–water partition coefficient (Wildman–Crippen LogP) is 1.41. The molecule has 0 atom stereocenters. The minimum atomic E-state index is -0.382. The number of aromatic amines is 1. The Morgan fingerprint density at radius 1 is 1.24 bits per heavy atom. The third kappa shape index (κ3) is 1.73. The van der Waals surface area contributed by atoms with E-state index >= 15 is 0 Å². The number of aromatic nitrogens is 3. The van der Waals surface area contributed by atoms with E-state index in [9.17, 15) is 4.79 Å². The fraction of sp³-hybridized carbons (Fsp3) is 0.833. The van der Waals surface area contributed by atoms with Gasteiger partial charge in [0.15, 0.2) is 5.82 Å². The van der Waals surface area contributed by atoms with Crippen molar-refractivity contribution in [2.75, 3.05) is 0 Å². The fourth-order valence-electron chi connectivity index (χ4n) is 3.05. The maximum absolute atomic E-state index is 11.8. The summed E-state index contributed by atoms with van der Waals surface area (Å²) in [7, 11) is 0. The quantitative estimate of drug-likeness (QED) is 0.815. The third-order valence-corrected chi connectivity index (χ3v) is 4.34. The van der Waals surface area contributed by atoms with Crippen LogP contribution >= 0.6 is 0 Å². The molecule has 2 fully saturated rings. The molecule has 17 heavy (non-hydrogen) atoms. The number of nitrogens with two attached hydrogens (primary N) is 1. The van der Waals surface area contributed by atoms with Crippen molar-refractivity contribution in [3.05, 3.63) is 16.3 Å². The Morgan fingerprint density at radius 3 is 2.53 bits per heavy atom. The van der Waals surface area contributed by atoms with Gasteiger partial charge in [-0.05, 0) is 32.1 Å².